The molecule has 0 amide bonds. The van der Waals surface area contributed by atoms with Crippen LogP contribution >= 0.6 is 11.3 Å². The van der Waals surface area contributed by atoms with Crippen LogP contribution in [0.25, 0.3) is 64.3 Å². The third-order valence-electron chi connectivity index (χ3n) is 12.1. The highest BCUT2D eigenvalue weighted by molar-refractivity contribution is 7.26. The monoisotopic (exact) mass is 715 g/mol. The van der Waals surface area contributed by atoms with Crippen LogP contribution in [0.1, 0.15) is 22.3 Å². The maximum absolute atomic E-state index is 2.48. The van der Waals surface area contributed by atoms with Crippen LogP contribution < -0.4 is 4.90 Å². The van der Waals surface area contributed by atoms with Crippen LogP contribution in [0, 0.1) is 0 Å². The molecule has 9 aromatic carbocycles. The highest BCUT2D eigenvalue weighted by atomic mass is 32.1. The van der Waals surface area contributed by atoms with E-state index in [1.54, 1.807) is 0 Å². The fourth-order valence-corrected chi connectivity index (χ4v) is 11.0. The van der Waals surface area contributed by atoms with Crippen LogP contribution in [0.3, 0.4) is 0 Å². The highest BCUT2D eigenvalue weighted by Gasteiger charge is 2.51. The average molecular weight is 716 g/mol. The van der Waals surface area contributed by atoms with Crippen LogP contribution in [-0.2, 0) is 5.41 Å². The maximum atomic E-state index is 2.48. The van der Waals surface area contributed by atoms with Crippen molar-refractivity contribution in [1.29, 1.82) is 0 Å². The number of thiophene rings is 1. The van der Waals surface area contributed by atoms with Crippen LogP contribution in [0.4, 0.5) is 17.1 Å². The first-order chi connectivity index (χ1) is 27.3. The van der Waals surface area contributed by atoms with Crippen molar-refractivity contribution in [1.82, 2.24) is 0 Å². The fourth-order valence-electron chi connectivity index (χ4n) is 9.83. The maximum Gasteiger partial charge on any atom is 0.0725 e. The first-order valence-electron chi connectivity index (χ1n) is 19.0. The van der Waals surface area contributed by atoms with Crippen molar-refractivity contribution in [3.63, 3.8) is 0 Å². The topological polar surface area (TPSA) is 3.24 Å². The summed E-state index contributed by atoms with van der Waals surface area (Å²) in [5.74, 6) is 0. The summed E-state index contributed by atoms with van der Waals surface area (Å²) < 4.78 is 2.59. The lowest BCUT2D eigenvalue weighted by atomic mass is 9.70. The van der Waals surface area contributed by atoms with E-state index in [2.05, 4.69) is 205 Å². The molecular formula is C53H33NS. The molecule has 0 saturated carbocycles. The van der Waals surface area contributed by atoms with Crippen LogP contribution in [0.15, 0.2) is 200 Å². The van der Waals surface area contributed by atoms with Gasteiger partial charge in [-0.05, 0) is 103 Å². The molecule has 10 aromatic rings. The van der Waals surface area contributed by atoms with Gasteiger partial charge in [-0.1, -0.05) is 164 Å². The van der Waals surface area contributed by atoms with E-state index in [1.807, 2.05) is 11.3 Å². The van der Waals surface area contributed by atoms with Crippen LogP contribution in [-0.4, -0.2) is 0 Å². The lowest BCUT2D eigenvalue weighted by Gasteiger charge is -2.31. The summed E-state index contributed by atoms with van der Waals surface area (Å²) >= 11 is 1.88. The fraction of sp³-hybridized carbons (Fsp3) is 0.0189. The average Bonchev–Trinajstić information content (AvgIpc) is 3.88. The lowest BCUT2D eigenvalue weighted by molar-refractivity contribution is 0.794. The SMILES string of the molecule is c1ccc2c(c1)-c1ccccc1C21c2ccccc2-c2cc(N(c3ccc(-c4cccc5ccccc45)cc3)c3cccc4c3sc3ccccc34)ccc21. The second kappa shape index (κ2) is 11.6. The van der Waals surface area contributed by atoms with E-state index < -0.39 is 0 Å². The Hall–Kier alpha value is -6.74. The van der Waals surface area contributed by atoms with Gasteiger partial charge in [-0.3, -0.25) is 0 Å². The summed E-state index contributed by atoms with van der Waals surface area (Å²) in [4.78, 5) is 2.48. The Labute approximate surface area is 324 Å². The molecule has 1 nitrogen and oxygen atoms in total. The van der Waals surface area contributed by atoms with Crippen molar-refractivity contribution in [2.45, 2.75) is 5.41 Å². The summed E-state index contributed by atoms with van der Waals surface area (Å²) in [6.07, 6.45) is 0. The Bertz CT molecular complexity index is 3120. The first-order valence-corrected chi connectivity index (χ1v) is 19.8. The van der Waals surface area contributed by atoms with Gasteiger partial charge in [0.2, 0.25) is 0 Å². The molecule has 1 spiro atoms. The second-order valence-electron chi connectivity index (χ2n) is 14.8. The smallest absolute Gasteiger partial charge is 0.0725 e. The number of rotatable bonds is 4. The molecule has 0 aliphatic heterocycles. The molecule has 0 N–H and O–H groups in total. The number of hydrogen-bond acceptors (Lipinski definition) is 2. The predicted octanol–water partition coefficient (Wildman–Crippen LogP) is 14.7. The molecule has 0 unspecified atom stereocenters. The molecule has 12 rings (SSSR count). The number of nitrogens with zero attached hydrogens (tertiary/aromatic N) is 1. The van der Waals surface area contributed by atoms with Gasteiger partial charge in [0.05, 0.1) is 15.8 Å². The minimum absolute atomic E-state index is 0.367. The van der Waals surface area contributed by atoms with Gasteiger partial charge in [0.1, 0.15) is 0 Å². The Morgan fingerprint density at radius 2 is 0.891 bits per heavy atom. The number of benzene rings is 9. The van der Waals surface area contributed by atoms with E-state index in [0.717, 1.165) is 11.4 Å². The number of hydrogen-bond donors (Lipinski definition) is 0. The van der Waals surface area contributed by atoms with Gasteiger partial charge in [-0.2, -0.15) is 0 Å². The quantitative estimate of drug-likeness (QED) is 0.175. The second-order valence-corrected chi connectivity index (χ2v) is 15.8. The molecule has 0 fully saturated rings. The third kappa shape index (κ3) is 4.23. The van der Waals surface area contributed by atoms with Gasteiger partial charge in [0, 0.05) is 26.8 Å². The van der Waals surface area contributed by atoms with E-state index in [1.165, 1.54) is 92.3 Å². The molecule has 2 aliphatic rings. The van der Waals surface area contributed by atoms with E-state index in [4.69, 9.17) is 0 Å². The molecule has 2 aliphatic carbocycles. The Morgan fingerprint density at radius 3 is 1.64 bits per heavy atom. The van der Waals surface area contributed by atoms with Gasteiger partial charge in [-0.15, -0.1) is 11.3 Å². The zero-order valence-corrected chi connectivity index (χ0v) is 30.7. The van der Waals surface area contributed by atoms with Crippen molar-refractivity contribution in [3.8, 4) is 33.4 Å². The normalized spacial score (nSPS) is 13.2. The molecule has 256 valence electrons. The molecule has 1 aromatic heterocycles. The van der Waals surface area contributed by atoms with Crippen molar-refractivity contribution in [2.75, 3.05) is 4.90 Å². The van der Waals surface area contributed by atoms with Gasteiger partial charge in [0.15, 0.2) is 0 Å². The van der Waals surface area contributed by atoms with E-state index >= 15 is 0 Å². The van der Waals surface area contributed by atoms with Crippen LogP contribution in [0.2, 0.25) is 0 Å². The van der Waals surface area contributed by atoms with Crippen molar-refractivity contribution in [3.05, 3.63) is 222 Å². The number of fused-ring (bicyclic) bond motifs is 14. The van der Waals surface area contributed by atoms with E-state index in [9.17, 15) is 0 Å². The van der Waals surface area contributed by atoms with Crippen molar-refractivity contribution < 1.29 is 0 Å². The number of anilines is 3. The van der Waals surface area contributed by atoms with Gasteiger partial charge in [0.25, 0.3) is 0 Å². The highest BCUT2D eigenvalue weighted by Crippen LogP contribution is 2.63. The Balaban J connectivity index is 1.09. The van der Waals surface area contributed by atoms with E-state index in [-0.39, 0.29) is 5.41 Å². The lowest BCUT2D eigenvalue weighted by Crippen LogP contribution is -2.25. The molecule has 0 atom stereocenters. The predicted molar refractivity (Wildman–Crippen MR) is 233 cm³/mol. The zero-order chi connectivity index (χ0) is 36.1. The summed E-state index contributed by atoms with van der Waals surface area (Å²) in [5.41, 5.74) is 16.3. The van der Waals surface area contributed by atoms with Crippen molar-refractivity contribution in [2.24, 2.45) is 0 Å². The Morgan fingerprint density at radius 1 is 0.364 bits per heavy atom. The summed E-state index contributed by atoms with van der Waals surface area (Å²) in [7, 11) is 0. The zero-order valence-electron chi connectivity index (χ0n) is 29.9. The largest absolute Gasteiger partial charge is 0.309 e. The first kappa shape index (κ1) is 30.7. The molecule has 0 saturated heterocycles. The van der Waals surface area contributed by atoms with E-state index in [0.29, 0.717) is 0 Å². The van der Waals surface area contributed by atoms with Crippen molar-refractivity contribution >= 4 is 59.3 Å². The summed E-state index contributed by atoms with van der Waals surface area (Å²) in [6.45, 7) is 0. The summed E-state index contributed by atoms with van der Waals surface area (Å²) in [6, 6.07) is 74.4. The van der Waals surface area contributed by atoms with Gasteiger partial charge >= 0.3 is 0 Å². The summed E-state index contributed by atoms with van der Waals surface area (Å²) in [5, 5.41) is 5.12. The Kier molecular flexibility index (Phi) is 6.49. The minimum Gasteiger partial charge on any atom is -0.309 e. The molecule has 55 heavy (non-hydrogen) atoms. The minimum atomic E-state index is -0.367. The third-order valence-corrected chi connectivity index (χ3v) is 13.3. The standard InChI is InChI=1S/C53H33NS/c1-2-15-38-34(13-1)14-11-20-39(38)35-27-29-36(30-28-35)54(50-25-12-21-44-43-19-6-10-26-51(43)55-52(44)50)37-31-32-49-45(33-37)42-18-5-9-24-48(42)53(49)46-22-7-3-16-40(46)41-17-4-8-23-47(41)53/h1-33H. The molecule has 2 heteroatoms. The van der Waals surface area contributed by atoms with Gasteiger partial charge in [-0.25, -0.2) is 0 Å². The molecule has 0 bridgehead atoms. The van der Waals surface area contributed by atoms with Crippen LogP contribution in [0.5, 0.6) is 0 Å². The van der Waals surface area contributed by atoms with Gasteiger partial charge < -0.3 is 4.90 Å². The molecule has 1 heterocycles. The molecule has 0 radical (unpaired) electrons. The molecular weight excluding hydrogens is 683 g/mol.